The zero-order valence-corrected chi connectivity index (χ0v) is 11.6. The van der Waals surface area contributed by atoms with Crippen molar-refractivity contribution in [3.05, 3.63) is 35.4 Å². The zero-order chi connectivity index (χ0) is 11.4. The molecule has 96 valence electrons. The number of hydrogen-bond donors (Lipinski definition) is 1. The third-order valence-electron chi connectivity index (χ3n) is 3.22. The molecule has 0 atom stereocenters. The number of nitrogens with zero attached hydrogens (tertiary/aromatic N) is 1. The average molecular weight is 255 g/mol. The number of benzene rings is 1. The standard InChI is InChI=1S/C14H22N2.ClH/c1-15-9-10-16(2)11-12-3-5-13(6-4-12)14-7-8-14;/h3-6,14-15H,7-11H2,1-2H3;1H. The summed E-state index contributed by atoms with van der Waals surface area (Å²) in [5.41, 5.74) is 2.95. The van der Waals surface area contributed by atoms with Crippen LogP contribution in [0, 0.1) is 0 Å². The summed E-state index contributed by atoms with van der Waals surface area (Å²) in [6.07, 6.45) is 2.78. The monoisotopic (exact) mass is 254 g/mol. The summed E-state index contributed by atoms with van der Waals surface area (Å²) in [4.78, 5) is 2.35. The van der Waals surface area contributed by atoms with Crippen molar-refractivity contribution in [3.8, 4) is 0 Å². The fraction of sp³-hybridized carbons (Fsp3) is 0.571. The Morgan fingerprint density at radius 3 is 2.41 bits per heavy atom. The van der Waals surface area contributed by atoms with Crippen LogP contribution in [0.1, 0.15) is 29.9 Å². The largest absolute Gasteiger partial charge is 0.318 e. The molecule has 17 heavy (non-hydrogen) atoms. The van der Waals surface area contributed by atoms with E-state index in [1.165, 1.54) is 24.0 Å². The van der Waals surface area contributed by atoms with Gasteiger partial charge < -0.3 is 10.2 Å². The van der Waals surface area contributed by atoms with E-state index in [0.29, 0.717) is 0 Å². The first-order valence-corrected chi connectivity index (χ1v) is 6.21. The Balaban J connectivity index is 0.00000144. The fourth-order valence-corrected chi connectivity index (χ4v) is 2.01. The molecular weight excluding hydrogens is 232 g/mol. The van der Waals surface area contributed by atoms with Crippen LogP contribution in [0.4, 0.5) is 0 Å². The van der Waals surface area contributed by atoms with Crippen molar-refractivity contribution in [2.24, 2.45) is 0 Å². The summed E-state index contributed by atoms with van der Waals surface area (Å²) in [5.74, 6) is 0.871. The molecule has 0 aromatic heterocycles. The van der Waals surface area contributed by atoms with E-state index in [9.17, 15) is 0 Å². The molecule has 1 saturated carbocycles. The Labute approximate surface area is 111 Å². The van der Waals surface area contributed by atoms with Gasteiger partial charge in [-0.25, -0.2) is 0 Å². The van der Waals surface area contributed by atoms with Crippen LogP contribution in [0.15, 0.2) is 24.3 Å². The van der Waals surface area contributed by atoms with Crippen molar-refractivity contribution in [1.29, 1.82) is 0 Å². The van der Waals surface area contributed by atoms with Crippen LogP contribution in [0.5, 0.6) is 0 Å². The predicted octanol–water partition coefficient (Wildman–Crippen LogP) is 2.64. The molecule has 0 aliphatic heterocycles. The SMILES string of the molecule is CNCCN(C)Cc1ccc(C2CC2)cc1.Cl. The molecule has 0 amide bonds. The van der Waals surface area contributed by atoms with E-state index in [1.807, 2.05) is 7.05 Å². The molecule has 1 fully saturated rings. The van der Waals surface area contributed by atoms with E-state index in [0.717, 1.165) is 25.6 Å². The van der Waals surface area contributed by atoms with Crippen molar-refractivity contribution < 1.29 is 0 Å². The van der Waals surface area contributed by atoms with Crippen LogP contribution in [0.3, 0.4) is 0 Å². The molecule has 2 nitrogen and oxygen atoms in total. The quantitative estimate of drug-likeness (QED) is 0.840. The first-order chi connectivity index (χ1) is 7.79. The van der Waals surface area contributed by atoms with E-state index < -0.39 is 0 Å². The van der Waals surface area contributed by atoms with Crippen LogP contribution in [0.2, 0.25) is 0 Å². The van der Waals surface area contributed by atoms with Gasteiger partial charge in [0.05, 0.1) is 0 Å². The van der Waals surface area contributed by atoms with Crippen molar-refractivity contribution in [2.45, 2.75) is 25.3 Å². The Kier molecular flexibility index (Phi) is 5.96. The van der Waals surface area contributed by atoms with Gasteiger partial charge in [0.1, 0.15) is 0 Å². The predicted molar refractivity (Wildman–Crippen MR) is 75.9 cm³/mol. The number of halogens is 1. The average Bonchev–Trinajstić information content (AvgIpc) is 3.11. The van der Waals surface area contributed by atoms with Gasteiger partial charge in [-0.05, 0) is 44.0 Å². The molecule has 3 heteroatoms. The molecule has 0 spiro atoms. The lowest BCUT2D eigenvalue weighted by molar-refractivity contribution is 0.328. The third-order valence-corrected chi connectivity index (χ3v) is 3.22. The van der Waals surface area contributed by atoms with Crippen LogP contribution in [0.25, 0.3) is 0 Å². The Bertz CT molecular complexity index is 319. The highest BCUT2D eigenvalue weighted by atomic mass is 35.5. The zero-order valence-electron chi connectivity index (χ0n) is 10.8. The Morgan fingerprint density at radius 2 is 1.88 bits per heavy atom. The van der Waals surface area contributed by atoms with Crippen LogP contribution in [-0.2, 0) is 6.54 Å². The van der Waals surface area contributed by atoms with E-state index in [-0.39, 0.29) is 12.4 Å². The molecule has 1 aliphatic rings. The summed E-state index contributed by atoms with van der Waals surface area (Å²) >= 11 is 0. The summed E-state index contributed by atoms with van der Waals surface area (Å²) in [5, 5.41) is 3.18. The van der Waals surface area contributed by atoms with Gasteiger partial charge in [0.2, 0.25) is 0 Å². The van der Waals surface area contributed by atoms with E-state index in [1.54, 1.807) is 0 Å². The van der Waals surface area contributed by atoms with E-state index in [2.05, 4.69) is 41.5 Å². The highest BCUT2D eigenvalue weighted by Gasteiger charge is 2.22. The first kappa shape index (κ1) is 14.5. The molecular formula is C14H23ClN2. The van der Waals surface area contributed by atoms with Gasteiger partial charge in [0, 0.05) is 19.6 Å². The highest BCUT2D eigenvalue weighted by Crippen LogP contribution is 2.39. The molecule has 1 aromatic carbocycles. The van der Waals surface area contributed by atoms with Crippen molar-refractivity contribution >= 4 is 12.4 Å². The van der Waals surface area contributed by atoms with Crippen LogP contribution < -0.4 is 5.32 Å². The number of likely N-dealkylation sites (N-methyl/N-ethyl adjacent to an activating group) is 2. The molecule has 1 aromatic rings. The van der Waals surface area contributed by atoms with Crippen molar-refractivity contribution in [1.82, 2.24) is 10.2 Å². The molecule has 0 unspecified atom stereocenters. The second kappa shape index (κ2) is 7.00. The van der Waals surface area contributed by atoms with Gasteiger partial charge in [-0.3, -0.25) is 0 Å². The number of hydrogen-bond acceptors (Lipinski definition) is 2. The van der Waals surface area contributed by atoms with Gasteiger partial charge in [0.25, 0.3) is 0 Å². The minimum Gasteiger partial charge on any atom is -0.318 e. The lowest BCUT2D eigenvalue weighted by Crippen LogP contribution is -2.26. The van der Waals surface area contributed by atoms with Gasteiger partial charge in [-0.2, -0.15) is 0 Å². The van der Waals surface area contributed by atoms with Crippen molar-refractivity contribution in [2.75, 3.05) is 27.2 Å². The number of nitrogens with one attached hydrogen (secondary N) is 1. The van der Waals surface area contributed by atoms with E-state index >= 15 is 0 Å². The molecule has 0 heterocycles. The topological polar surface area (TPSA) is 15.3 Å². The molecule has 0 bridgehead atoms. The van der Waals surface area contributed by atoms with Gasteiger partial charge in [0.15, 0.2) is 0 Å². The Hall–Kier alpha value is -0.570. The fourth-order valence-electron chi connectivity index (χ4n) is 2.01. The maximum Gasteiger partial charge on any atom is 0.0231 e. The van der Waals surface area contributed by atoms with E-state index in [4.69, 9.17) is 0 Å². The number of rotatable bonds is 6. The second-order valence-corrected chi connectivity index (χ2v) is 4.86. The smallest absolute Gasteiger partial charge is 0.0231 e. The molecule has 1 aliphatic carbocycles. The van der Waals surface area contributed by atoms with Crippen molar-refractivity contribution in [3.63, 3.8) is 0 Å². The minimum absolute atomic E-state index is 0. The summed E-state index contributed by atoms with van der Waals surface area (Å²) in [6, 6.07) is 9.17. The van der Waals surface area contributed by atoms with Gasteiger partial charge in [-0.15, -0.1) is 12.4 Å². The second-order valence-electron chi connectivity index (χ2n) is 4.86. The van der Waals surface area contributed by atoms with Gasteiger partial charge in [-0.1, -0.05) is 24.3 Å². The third kappa shape index (κ3) is 4.66. The first-order valence-electron chi connectivity index (χ1n) is 6.21. The molecule has 0 saturated heterocycles. The minimum atomic E-state index is 0. The Morgan fingerprint density at radius 1 is 1.24 bits per heavy atom. The van der Waals surface area contributed by atoms with Crippen LogP contribution in [-0.4, -0.2) is 32.1 Å². The maximum absolute atomic E-state index is 3.18. The summed E-state index contributed by atoms with van der Waals surface area (Å²) in [6.45, 7) is 3.20. The lowest BCUT2D eigenvalue weighted by Gasteiger charge is -2.16. The molecule has 1 N–H and O–H groups in total. The lowest BCUT2D eigenvalue weighted by atomic mass is 10.1. The highest BCUT2D eigenvalue weighted by molar-refractivity contribution is 5.85. The maximum atomic E-state index is 3.18. The van der Waals surface area contributed by atoms with Gasteiger partial charge >= 0.3 is 0 Å². The molecule has 0 radical (unpaired) electrons. The summed E-state index contributed by atoms with van der Waals surface area (Å²) < 4.78 is 0. The normalized spacial score (nSPS) is 14.8. The summed E-state index contributed by atoms with van der Waals surface area (Å²) in [7, 11) is 4.17. The molecule has 2 rings (SSSR count). The van der Waals surface area contributed by atoms with Crippen LogP contribution >= 0.6 is 12.4 Å².